The lowest BCUT2D eigenvalue weighted by molar-refractivity contribution is -0.141. The number of rotatable bonds is 8. The highest BCUT2D eigenvalue weighted by Crippen LogP contribution is 2.25. The van der Waals surface area contributed by atoms with Crippen LogP contribution < -0.4 is 10.6 Å². The second-order valence-electron chi connectivity index (χ2n) is 8.11. The number of nitrogens with two attached hydrogens (primary N) is 1. The minimum atomic E-state index is -0.479. The van der Waals surface area contributed by atoms with Gasteiger partial charge in [-0.15, -0.1) is 0 Å². The van der Waals surface area contributed by atoms with Crippen molar-refractivity contribution in [1.82, 2.24) is 9.55 Å². The summed E-state index contributed by atoms with van der Waals surface area (Å²) in [5, 5.41) is 7.54. The van der Waals surface area contributed by atoms with Crippen LogP contribution in [0.15, 0.2) is 72.8 Å². The molecule has 4 rings (SSSR count). The van der Waals surface area contributed by atoms with Gasteiger partial charge in [-0.1, -0.05) is 42.5 Å². The maximum absolute atomic E-state index is 13.3. The zero-order valence-electron chi connectivity index (χ0n) is 19.7. The molecule has 0 aliphatic heterocycles. The number of nitrogens with zero attached hydrogens (tertiary/aromatic N) is 3. The molecule has 0 saturated heterocycles. The first-order chi connectivity index (χ1) is 16.9. The van der Waals surface area contributed by atoms with Gasteiger partial charge in [-0.05, 0) is 42.8 Å². The van der Waals surface area contributed by atoms with E-state index in [0.717, 1.165) is 22.4 Å². The average molecular weight is 470 g/mol. The number of hydrogen-bond donors (Lipinski definition) is 2. The number of amides is 1. The Labute approximate surface area is 203 Å². The van der Waals surface area contributed by atoms with Crippen molar-refractivity contribution in [2.45, 2.75) is 13.3 Å². The van der Waals surface area contributed by atoms with Crippen LogP contribution in [0.2, 0.25) is 0 Å². The van der Waals surface area contributed by atoms with E-state index < -0.39 is 5.97 Å². The number of carbonyl (C=O) groups excluding carboxylic acids is 2. The summed E-state index contributed by atoms with van der Waals surface area (Å²) in [5.41, 5.74) is 9.93. The Balaban J connectivity index is 1.66. The predicted octanol–water partition coefficient (Wildman–Crippen LogP) is 3.66. The van der Waals surface area contributed by atoms with Gasteiger partial charge in [0.15, 0.2) is 0 Å². The maximum atomic E-state index is 13.3. The smallest absolute Gasteiger partial charge is 0.326 e. The number of aryl methyl sites for hydroxylation is 1. The van der Waals surface area contributed by atoms with E-state index in [4.69, 9.17) is 20.9 Å². The predicted molar refractivity (Wildman–Crippen MR) is 136 cm³/mol. The first kappa shape index (κ1) is 23.7. The van der Waals surface area contributed by atoms with Crippen LogP contribution in [-0.2, 0) is 23.0 Å². The van der Waals surface area contributed by atoms with Crippen molar-refractivity contribution in [3.8, 4) is 0 Å². The molecule has 8 nitrogen and oxygen atoms in total. The van der Waals surface area contributed by atoms with E-state index in [0.29, 0.717) is 23.2 Å². The molecule has 0 atom stereocenters. The van der Waals surface area contributed by atoms with Crippen molar-refractivity contribution in [3.63, 3.8) is 0 Å². The molecule has 0 unspecified atom stereocenters. The fourth-order valence-corrected chi connectivity index (χ4v) is 3.90. The van der Waals surface area contributed by atoms with Crippen LogP contribution in [0.5, 0.6) is 0 Å². The van der Waals surface area contributed by atoms with Crippen molar-refractivity contribution in [1.29, 1.82) is 5.41 Å². The van der Waals surface area contributed by atoms with Crippen LogP contribution in [0, 0.1) is 5.41 Å². The van der Waals surface area contributed by atoms with E-state index in [-0.39, 0.29) is 24.9 Å². The van der Waals surface area contributed by atoms with Crippen LogP contribution in [0.4, 0.5) is 5.69 Å². The second-order valence-corrected chi connectivity index (χ2v) is 8.11. The molecule has 0 radical (unpaired) electrons. The lowest BCUT2D eigenvalue weighted by Gasteiger charge is -2.22. The number of nitrogens with one attached hydrogen (secondary N) is 1. The zero-order chi connectivity index (χ0) is 24.9. The summed E-state index contributed by atoms with van der Waals surface area (Å²) >= 11 is 0. The molecule has 0 aliphatic rings. The fourth-order valence-electron chi connectivity index (χ4n) is 3.90. The van der Waals surface area contributed by atoms with E-state index in [2.05, 4.69) is 0 Å². The van der Waals surface area contributed by atoms with Crippen LogP contribution in [0.3, 0.4) is 0 Å². The van der Waals surface area contributed by atoms with Gasteiger partial charge in [-0.3, -0.25) is 19.9 Å². The molecule has 0 aliphatic carbocycles. The number of imidazole rings is 1. The Hall–Kier alpha value is -4.46. The molecule has 0 fully saturated rings. The molecule has 1 heterocycles. The van der Waals surface area contributed by atoms with Crippen molar-refractivity contribution in [2.24, 2.45) is 12.8 Å². The third-order valence-corrected chi connectivity index (χ3v) is 5.75. The number of esters is 1. The van der Waals surface area contributed by atoms with Crippen molar-refractivity contribution >= 4 is 34.4 Å². The largest absolute Gasteiger partial charge is 0.465 e. The third-order valence-electron chi connectivity index (χ3n) is 5.75. The van der Waals surface area contributed by atoms with Crippen molar-refractivity contribution in [3.05, 3.63) is 95.3 Å². The third kappa shape index (κ3) is 5.22. The Morgan fingerprint density at radius 3 is 2.40 bits per heavy atom. The number of anilines is 1. The van der Waals surface area contributed by atoms with Gasteiger partial charge < -0.3 is 15.0 Å². The molecular formula is C27H27N5O3. The number of amidine groups is 1. The number of benzene rings is 3. The summed E-state index contributed by atoms with van der Waals surface area (Å²) in [5.74, 6) is 0.107. The highest BCUT2D eigenvalue weighted by atomic mass is 16.5. The standard InChI is InChI=1S/C27H27N5O3/c1-3-35-25(33)17-32(27(34)20-7-5-4-6-8-20)21-13-14-23-22(16-21)30-24(31(23)2)15-18-9-11-19(12-10-18)26(28)29/h4-14,16H,3,15,17H2,1-2H3,(H3,28,29). The summed E-state index contributed by atoms with van der Waals surface area (Å²) in [6.45, 7) is 1.77. The fraction of sp³-hybridized carbons (Fsp3) is 0.185. The normalized spacial score (nSPS) is 10.8. The van der Waals surface area contributed by atoms with Crippen LogP contribution in [0.1, 0.15) is 34.2 Å². The number of nitrogen functional groups attached to an aromatic ring is 1. The number of aromatic nitrogens is 2. The molecule has 3 N–H and O–H groups in total. The first-order valence-corrected chi connectivity index (χ1v) is 11.3. The Kier molecular flexibility index (Phi) is 6.91. The first-order valence-electron chi connectivity index (χ1n) is 11.3. The summed E-state index contributed by atoms with van der Waals surface area (Å²) < 4.78 is 7.11. The Morgan fingerprint density at radius 1 is 1.03 bits per heavy atom. The van der Waals surface area contributed by atoms with Gasteiger partial charge in [0.05, 0.1) is 17.6 Å². The van der Waals surface area contributed by atoms with Crippen molar-refractivity contribution in [2.75, 3.05) is 18.1 Å². The molecule has 0 saturated carbocycles. The van der Waals surface area contributed by atoms with Gasteiger partial charge >= 0.3 is 5.97 Å². The molecule has 8 heteroatoms. The molecule has 3 aromatic carbocycles. The number of hydrogen-bond acceptors (Lipinski definition) is 5. The molecule has 178 valence electrons. The molecule has 0 spiro atoms. The summed E-state index contributed by atoms with van der Waals surface area (Å²) in [6, 6.07) is 21.9. The topological polar surface area (TPSA) is 114 Å². The van der Waals surface area contributed by atoms with E-state index in [1.165, 1.54) is 4.90 Å². The SMILES string of the molecule is CCOC(=O)CN(C(=O)c1ccccc1)c1ccc2c(c1)nc(Cc1ccc(C(=N)N)cc1)n2C. The van der Waals surface area contributed by atoms with E-state index in [1.807, 2.05) is 60.1 Å². The Morgan fingerprint density at radius 2 is 1.74 bits per heavy atom. The number of ether oxygens (including phenoxy) is 1. The molecule has 4 aromatic rings. The Bertz CT molecular complexity index is 1380. The molecular weight excluding hydrogens is 442 g/mol. The van der Waals surface area contributed by atoms with Gasteiger partial charge in [0.25, 0.3) is 5.91 Å². The summed E-state index contributed by atoms with van der Waals surface area (Å²) in [7, 11) is 1.94. The minimum absolute atomic E-state index is 0.0317. The van der Waals surface area contributed by atoms with Crippen LogP contribution >= 0.6 is 0 Å². The van der Waals surface area contributed by atoms with E-state index >= 15 is 0 Å². The van der Waals surface area contributed by atoms with Crippen LogP contribution in [0.25, 0.3) is 11.0 Å². The minimum Gasteiger partial charge on any atom is -0.465 e. The van der Waals surface area contributed by atoms with Crippen molar-refractivity contribution < 1.29 is 14.3 Å². The highest BCUT2D eigenvalue weighted by molar-refractivity contribution is 6.09. The van der Waals surface area contributed by atoms with E-state index in [1.54, 1.807) is 31.2 Å². The van der Waals surface area contributed by atoms with E-state index in [9.17, 15) is 9.59 Å². The lowest BCUT2D eigenvalue weighted by atomic mass is 10.1. The quantitative estimate of drug-likeness (QED) is 0.232. The lowest BCUT2D eigenvalue weighted by Crippen LogP contribution is -2.36. The molecule has 35 heavy (non-hydrogen) atoms. The van der Waals surface area contributed by atoms with Gasteiger partial charge in [0.2, 0.25) is 0 Å². The van der Waals surface area contributed by atoms with Gasteiger partial charge in [0, 0.05) is 30.3 Å². The molecule has 1 amide bonds. The number of fused-ring (bicyclic) bond motifs is 1. The van der Waals surface area contributed by atoms with Crippen LogP contribution in [-0.4, -0.2) is 40.4 Å². The van der Waals surface area contributed by atoms with Gasteiger partial charge in [-0.2, -0.15) is 0 Å². The monoisotopic (exact) mass is 469 g/mol. The molecule has 0 bridgehead atoms. The second kappa shape index (κ2) is 10.2. The highest BCUT2D eigenvalue weighted by Gasteiger charge is 2.22. The number of carbonyl (C=O) groups is 2. The summed E-state index contributed by atoms with van der Waals surface area (Å²) in [6.07, 6.45) is 0.591. The zero-order valence-corrected chi connectivity index (χ0v) is 19.7. The van der Waals surface area contributed by atoms with Gasteiger partial charge in [-0.25, -0.2) is 4.98 Å². The summed E-state index contributed by atoms with van der Waals surface area (Å²) in [4.78, 5) is 31.8. The average Bonchev–Trinajstić information content (AvgIpc) is 3.17. The maximum Gasteiger partial charge on any atom is 0.326 e. The molecule has 1 aromatic heterocycles. The van der Waals surface area contributed by atoms with Gasteiger partial charge in [0.1, 0.15) is 18.2 Å².